The third-order valence-electron chi connectivity index (χ3n) is 3.71. The molecule has 5 heteroatoms. The average molecular weight is 256 g/mol. The summed E-state index contributed by atoms with van der Waals surface area (Å²) in [6.07, 6.45) is 3.99. The third-order valence-corrected chi connectivity index (χ3v) is 3.71. The molecular weight excluding hydrogens is 232 g/mol. The number of hydrogen-bond acceptors (Lipinski definition) is 2. The van der Waals surface area contributed by atoms with Crippen LogP contribution in [0.15, 0.2) is 0 Å². The van der Waals surface area contributed by atoms with Crippen LogP contribution in [0, 0.1) is 0 Å². The topological polar surface area (TPSA) is 69.6 Å². The van der Waals surface area contributed by atoms with Crippen LogP contribution >= 0.6 is 0 Å². The Balaban J connectivity index is 2.73. The Morgan fingerprint density at radius 3 is 2.17 bits per heavy atom. The molecule has 1 aliphatic carbocycles. The molecule has 0 aromatic heterocycles. The first-order valence-electron chi connectivity index (χ1n) is 6.52. The summed E-state index contributed by atoms with van der Waals surface area (Å²) >= 11 is 0. The summed E-state index contributed by atoms with van der Waals surface area (Å²) in [4.78, 5) is 24.5. The van der Waals surface area contributed by atoms with Crippen LogP contribution in [0.25, 0.3) is 0 Å². The fourth-order valence-electron chi connectivity index (χ4n) is 2.21. The van der Waals surface area contributed by atoms with Gasteiger partial charge in [-0.25, -0.2) is 4.79 Å². The Labute approximate surface area is 109 Å². The summed E-state index contributed by atoms with van der Waals surface area (Å²) in [6, 6.07) is -0.272. The van der Waals surface area contributed by atoms with Crippen LogP contribution < -0.4 is 5.32 Å². The maximum atomic E-state index is 12.2. The fraction of sp³-hybridized carbons (Fsp3) is 0.846. The van der Waals surface area contributed by atoms with E-state index in [4.69, 9.17) is 5.11 Å². The second kappa shape index (κ2) is 5.16. The van der Waals surface area contributed by atoms with Crippen molar-refractivity contribution in [3.05, 3.63) is 0 Å². The number of amides is 2. The number of carboxylic acids is 1. The lowest BCUT2D eigenvalue weighted by molar-refractivity contribution is -0.138. The van der Waals surface area contributed by atoms with Gasteiger partial charge in [0.15, 0.2) is 0 Å². The highest BCUT2D eigenvalue weighted by molar-refractivity contribution is 5.81. The molecule has 0 saturated heterocycles. The molecule has 1 fully saturated rings. The van der Waals surface area contributed by atoms with Crippen LogP contribution in [-0.2, 0) is 4.79 Å². The van der Waals surface area contributed by atoms with Crippen LogP contribution in [0.4, 0.5) is 4.79 Å². The standard InChI is InChI=1S/C13H24N2O3/c1-5-13(7-6-8-13)14-11(18)15(9-10(16)17)12(2,3)4/h5-9H2,1-4H3,(H,14,18)(H,16,17). The number of carboxylic acid groups (broad SMARTS) is 1. The highest BCUT2D eigenvalue weighted by atomic mass is 16.4. The van der Waals surface area contributed by atoms with Gasteiger partial charge in [-0.05, 0) is 46.5 Å². The highest BCUT2D eigenvalue weighted by Crippen LogP contribution is 2.35. The van der Waals surface area contributed by atoms with Gasteiger partial charge in [0.1, 0.15) is 6.54 Å². The summed E-state index contributed by atoms with van der Waals surface area (Å²) in [7, 11) is 0. The van der Waals surface area contributed by atoms with E-state index in [9.17, 15) is 9.59 Å². The number of rotatable bonds is 4. The number of aliphatic carboxylic acids is 1. The summed E-state index contributed by atoms with van der Waals surface area (Å²) in [5, 5.41) is 11.9. The SMILES string of the molecule is CCC1(NC(=O)N(CC(=O)O)C(C)(C)C)CCC1. The fourth-order valence-corrected chi connectivity index (χ4v) is 2.21. The normalized spacial score (nSPS) is 17.8. The van der Waals surface area contributed by atoms with Gasteiger partial charge < -0.3 is 15.3 Å². The molecule has 0 unspecified atom stereocenters. The molecule has 0 aromatic rings. The smallest absolute Gasteiger partial charge is 0.323 e. The highest BCUT2D eigenvalue weighted by Gasteiger charge is 2.39. The van der Waals surface area contributed by atoms with Gasteiger partial charge in [0.05, 0.1) is 0 Å². The molecule has 0 bridgehead atoms. The lowest BCUT2D eigenvalue weighted by atomic mass is 9.75. The van der Waals surface area contributed by atoms with E-state index in [1.54, 1.807) is 0 Å². The van der Waals surface area contributed by atoms with E-state index in [2.05, 4.69) is 12.2 Å². The first-order valence-corrected chi connectivity index (χ1v) is 6.52. The Morgan fingerprint density at radius 2 is 1.89 bits per heavy atom. The van der Waals surface area contributed by atoms with Gasteiger partial charge in [-0.2, -0.15) is 0 Å². The molecule has 18 heavy (non-hydrogen) atoms. The Kier molecular flexibility index (Phi) is 4.24. The minimum atomic E-state index is -0.987. The second-order valence-corrected chi connectivity index (χ2v) is 6.07. The van der Waals surface area contributed by atoms with Gasteiger partial charge in [-0.15, -0.1) is 0 Å². The monoisotopic (exact) mass is 256 g/mol. The minimum Gasteiger partial charge on any atom is -0.480 e. The average Bonchev–Trinajstić information content (AvgIpc) is 2.18. The second-order valence-electron chi connectivity index (χ2n) is 6.07. The van der Waals surface area contributed by atoms with E-state index in [0.717, 1.165) is 25.7 Å². The van der Waals surface area contributed by atoms with Crippen LogP contribution in [0.1, 0.15) is 53.4 Å². The third kappa shape index (κ3) is 3.37. The van der Waals surface area contributed by atoms with Crippen molar-refractivity contribution in [1.82, 2.24) is 10.2 Å². The molecule has 0 spiro atoms. The largest absolute Gasteiger partial charge is 0.480 e. The zero-order valence-corrected chi connectivity index (χ0v) is 11.7. The van der Waals surface area contributed by atoms with Crippen molar-refractivity contribution < 1.29 is 14.7 Å². The van der Waals surface area contributed by atoms with E-state index >= 15 is 0 Å². The van der Waals surface area contributed by atoms with Gasteiger partial charge in [0, 0.05) is 11.1 Å². The van der Waals surface area contributed by atoms with Crippen LogP contribution in [0.2, 0.25) is 0 Å². The van der Waals surface area contributed by atoms with E-state index in [1.165, 1.54) is 4.90 Å². The quantitative estimate of drug-likeness (QED) is 0.810. The van der Waals surface area contributed by atoms with Crippen LogP contribution in [-0.4, -0.2) is 39.6 Å². The van der Waals surface area contributed by atoms with E-state index in [1.807, 2.05) is 20.8 Å². The van der Waals surface area contributed by atoms with Gasteiger partial charge in [-0.3, -0.25) is 4.79 Å². The molecule has 0 atom stereocenters. The molecule has 0 radical (unpaired) electrons. The zero-order chi connectivity index (χ0) is 14.0. The number of nitrogens with one attached hydrogen (secondary N) is 1. The minimum absolute atomic E-state index is 0.112. The molecule has 1 rings (SSSR count). The molecule has 0 heterocycles. The van der Waals surface area contributed by atoms with Gasteiger partial charge in [0.25, 0.3) is 0 Å². The number of nitrogens with zero attached hydrogens (tertiary/aromatic N) is 1. The molecule has 2 N–H and O–H groups in total. The van der Waals surface area contributed by atoms with Gasteiger partial charge >= 0.3 is 12.0 Å². The summed E-state index contributed by atoms with van der Waals surface area (Å²) in [5.41, 5.74) is -0.611. The first kappa shape index (κ1) is 14.8. The summed E-state index contributed by atoms with van der Waals surface area (Å²) < 4.78 is 0. The maximum absolute atomic E-state index is 12.2. The predicted octanol–water partition coefficient (Wildman–Crippen LogP) is 2.21. The van der Waals surface area contributed by atoms with Crippen LogP contribution in [0.5, 0.6) is 0 Å². The lowest BCUT2D eigenvalue weighted by Crippen LogP contribution is -2.60. The number of hydrogen-bond donors (Lipinski definition) is 2. The molecule has 104 valence electrons. The van der Waals surface area contributed by atoms with Crippen molar-refractivity contribution in [1.29, 1.82) is 0 Å². The van der Waals surface area contributed by atoms with Crippen molar-refractivity contribution in [2.75, 3.05) is 6.54 Å². The van der Waals surface area contributed by atoms with Gasteiger partial charge in [0.2, 0.25) is 0 Å². The molecule has 2 amide bonds. The zero-order valence-electron chi connectivity index (χ0n) is 11.7. The van der Waals surface area contributed by atoms with Crippen molar-refractivity contribution in [3.63, 3.8) is 0 Å². The van der Waals surface area contributed by atoms with Crippen LogP contribution in [0.3, 0.4) is 0 Å². The first-order chi connectivity index (χ1) is 8.20. The number of carbonyl (C=O) groups excluding carboxylic acids is 1. The molecular formula is C13H24N2O3. The summed E-state index contributed by atoms with van der Waals surface area (Å²) in [6.45, 7) is 7.31. The van der Waals surface area contributed by atoms with Crippen molar-refractivity contribution in [2.45, 2.75) is 64.5 Å². The van der Waals surface area contributed by atoms with Crippen molar-refractivity contribution in [3.8, 4) is 0 Å². The van der Waals surface area contributed by atoms with Crippen molar-refractivity contribution in [2.24, 2.45) is 0 Å². The lowest BCUT2D eigenvalue weighted by Gasteiger charge is -2.45. The number of carbonyl (C=O) groups is 2. The molecule has 0 aromatic carbocycles. The Bertz CT molecular complexity index is 324. The maximum Gasteiger partial charge on any atom is 0.323 e. The van der Waals surface area contributed by atoms with E-state index in [0.29, 0.717) is 0 Å². The molecule has 5 nitrogen and oxygen atoms in total. The van der Waals surface area contributed by atoms with Gasteiger partial charge in [-0.1, -0.05) is 6.92 Å². The number of urea groups is 1. The van der Waals surface area contributed by atoms with Crippen molar-refractivity contribution >= 4 is 12.0 Å². The summed E-state index contributed by atoms with van der Waals surface area (Å²) in [5.74, 6) is -0.987. The Morgan fingerprint density at radius 1 is 1.33 bits per heavy atom. The Hall–Kier alpha value is -1.26. The van der Waals surface area contributed by atoms with E-state index < -0.39 is 11.5 Å². The predicted molar refractivity (Wildman–Crippen MR) is 69.5 cm³/mol. The molecule has 1 saturated carbocycles. The molecule has 0 aliphatic heterocycles. The molecule has 1 aliphatic rings. The van der Waals surface area contributed by atoms with E-state index in [-0.39, 0.29) is 18.1 Å².